The number of hydrogen-bond acceptors (Lipinski definition) is 6. The van der Waals surface area contributed by atoms with Gasteiger partial charge in [0.15, 0.2) is 23.6 Å². The number of fused-ring (bicyclic) bond motifs is 1. The van der Waals surface area contributed by atoms with E-state index in [4.69, 9.17) is 18.9 Å². The van der Waals surface area contributed by atoms with Gasteiger partial charge in [0.05, 0.1) is 13.2 Å². The second kappa shape index (κ2) is 8.26. The Bertz CT molecular complexity index is 1090. The van der Waals surface area contributed by atoms with E-state index < -0.39 is 30.3 Å². The number of ether oxygens (including phenoxy) is 4. The van der Waals surface area contributed by atoms with E-state index in [1.807, 2.05) is 60.7 Å². The summed E-state index contributed by atoms with van der Waals surface area (Å²) < 4.78 is 21.7. The van der Waals surface area contributed by atoms with Crippen molar-refractivity contribution in [2.75, 3.05) is 13.9 Å². The monoisotopic (exact) mass is 431 g/mol. The molecule has 3 aromatic carbocycles. The Morgan fingerprint density at radius 1 is 0.938 bits per heavy atom. The van der Waals surface area contributed by atoms with E-state index in [1.165, 1.54) is 12.0 Å². The first-order valence-corrected chi connectivity index (χ1v) is 10.2. The summed E-state index contributed by atoms with van der Waals surface area (Å²) in [5, 5.41) is 0. The predicted molar refractivity (Wildman–Crippen MR) is 114 cm³/mol. The second-order valence-electron chi connectivity index (χ2n) is 7.52. The summed E-state index contributed by atoms with van der Waals surface area (Å²) in [5.74, 6) is 0.592. The molecule has 0 N–H and O–H groups in total. The van der Waals surface area contributed by atoms with Crippen molar-refractivity contribution in [2.45, 2.75) is 18.2 Å². The highest BCUT2D eigenvalue weighted by Crippen LogP contribution is 2.43. The molecule has 32 heavy (non-hydrogen) atoms. The van der Waals surface area contributed by atoms with Crippen LogP contribution in [-0.2, 0) is 14.3 Å². The van der Waals surface area contributed by atoms with Crippen LogP contribution >= 0.6 is 0 Å². The molecule has 7 nitrogen and oxygen atoms in total. The molecule has 1 fully saturated rings. The number of amides is 1. The van der Waals surface area contributed by atoms with E-state index in [2.05, 4.69) is 0 Å². The van der Waals surface area contributed by atoms with Crippen LogP contribution in [0.15, 0.2) is 78.9 Å². The van der Waals surface area contributed by atoms with Gasteiger partial charge in [-0.05, 0) is 28.8 Å². The Morgan fingerprint density at radius 3 is 2.19 bits per heavy atom. The molecule has 162 valence electrons. The molecule has 0 aromatic heterocycles. The highest BCUT2D eigenvalue weighted by molar-refractivity contribution is 5.86. The fourth-order valence-electron chi connectivity index (χ4n) is 4.24. The normalized spacial score (nSPS) is 19.2. The van der Waals surface area contributed by atoms with Crippen molar-refractivity contribution in [2.24, 2.45) is 0 Å². The van der Waals surface area contributed by atoms with Crippen molar-refractivity contribution in [1.82, 2.24) is 4.90 Å². The van der Waals surface area contributed by atoms with E-state index in [9.17, 15) is 9.59 Å². The van der Waals surface area contributed by atoms with Crippen molar-refractivity contribution in [3.63, 3.8) is 0 Å². The van der Waals surface area contributed by atoms with Crippen LogP contribution in [0.2, 0.25) is 0 Å². The number of carbonyl (C=O) groups excluding carboxylic acids is 2. The molecule has 2 unspecified atom stereocenters. The summed E-state index contributed by atoms with van der Waals surface area (Å²) in [6.07, 6.45) is -1.46. The van der Waals surface area contributed by atoms with Gasteiger partial charge in [-0.2, -0.15) is 0 Å². The van der Waals surface area contributed by atoms with Gasteiger partial charge in [0, 0.05) is 0 Å². The molecule has 1 saturated heterocycles. The minimum absolute atomic E-state index is 0.125. The lowest BCUT2D eigenvalue weighted by Crippen LogP contribution is -2.43. The maximum absolute atomic E-state index is 13.3. The zero-order valence-corrected chi connectivity index (χ0v) is 17.3. The van der Waals surface area contributed by atoms with E-state index in [-0.39, 0.29) is 6.79 Å². The number of cyclic esters (lactones) is 1. The largest absolute Gasteiger partial charge is 0.467 e. The molecule has 2 aliphatic heterocycles. The van der Waals surface area contributed by atoms with Crippen LogP contribution in [0, 0.1) is 0 Å². The molecular weight excluding hydrogens is 410 g/mol. The van der Waals surface area contributed by atoms with Crippen molar-refractivity contribution < 1.29 is 28.5 Å². The first-order chi connectivity index (χ1) is 15.7. The highest BCUT2D eigenvalue weighted by atomic mass is 16.7. The van der Waals surface area contributed by atoms with Crippen molar-refractivity contribution in [3.8, 4) is 11.5 Å². The number of hydrogen-bond donors (Lipinski definition) is 0. The van der Waals surface area contributed by atoms with Crippen LogP contribution in [0.4, 0.5) is 4.79 Å². The van der Waals surface area contributed by atoms with Crippen LogP contribution in [0.25, 0.3) is 0 Å². The Labute approximate surface area is 185 Å². The fourth-order valence-corrected chi connectivity index (χ4v) is 4.24. The average molecular weight is 431 g/mol. The number of methoxy groups -OCH3 is 1. The minimum Gasteiger partial charge on any atom is -0.467 e. The molecule has 2 heterocycles. The quantitative estimate of drug-likeness (QED) is 0.563. The average Bonchev–Trinajstić information content (AvgIpc) is 3.44. The number of rotatable bonds is 5. The maximum atomic E-state index is 13.3. The van der Waals surface area contributed by atoms with Crippen LogP contribution in [-0.4, -0.2) is 36.9 Å². The van der Waals surface area contributed by atoms with E-state index in [1.54, 1.807) is 18.2 Å². The second-order valence-corrected chi connectivity index (χ2v) is 7.52. The van der Waals surface area contributed by atoms with Crippen LogP contribution in [0.1, 0.15) is 28.8 Å². The molecular formula is C25H21NO6. The van der Waals surface area contributed by atoms with Gasteiger partial charge in [0.25, 0.3) is 0 Å². The SMILES string of the molecule is COC(=O)C1C(c2ccc3c(c2)OCO3)OC(=O)N1C(c1ccccc1)c1ccccc1. The third kappa shape index (κ3) is 3.41. The lowest BCUT2D eigenvalue weighted by atomic mass is 9.94. The molecule has 5 rings (SSSR count). The molecule has 2 atom stereocenters. The van der Waals surface area contributed by atoms with E-state index in [0.717, 1.165) is 11.1 Å². The Morgan fingerprint density at radius 2 is 1.56 bits per heavy atom. The highest BCUT2D eigenvalue weighted by Gasteiger charge is 2.51. The fraction of sp³-hybridized carbons (Fsp3) is 0.200. The number of benzene rings is 3. The van der Waals surface area contributed by atoms with Gasteiger partial charge >= 0.3 is 12.1 Å². The van der Waals surface area contributed by atoms with Crippen LogP contribution in [0.3, 0.4) is 0 Å². The molecule has 0 bridgehead atoms. The first kappa shape index (κ1) is 19.9. The van der Waals surface area contributed by atoms with Crippen molar-refractivity contribution in [3.05, 3.63) is 95.6 Å². The first-order valence-electron chi connectivity index (χ1n) is 10.2. The zero-order chi connectivity index (χ0) is 22.1. The summed E-state index contributed by atoms with van der Waals surface area (Å²) in [7, 11) is 1.31. The Hall–Kier alpha value is -4.00. The van der Waals surface area contributed by atoms with Crippen molar-refractivity contribution >= 4 is 12.1 Å². The van der Waals surface area contributed by atoms with Gasteiger partial charge in [0.1, 0.15) is 0 Å². The number of carbonyl (C=O) groups is 2. The van der Waals surface area contributed by atoms with E-state index >= 15 is 0 Å². The smallest absolute Gasteiger partial charge is 0.412 e. The number of esters is 1. The van der Waals surface area contributed by atoms with Gasteiger partial charge in [-0.25, -0.2) is 9.59 Å². The minimum atomic E-state index is -0.988. The Balaban J connectivity index is 1.61. The molecule has 0 radical (unpaired) electrons. The summed E-state index contributed by atoms with van der Waals surface area (Å²) in [6.45, 7) is 0.125. The van der Waals surface area contributed by atoms with Crippen LogP contribution in [0.5, 0.6) is 11.5 Å². The van der Waals surface area contributed by atoms with Crippen molar-refractivity contribution in [1.29, 1.82) is 0 Å². The van der Waals surface area contributed by atoms with Crippen LogP contribution < -0.4 is 9.47 Å². The lowest BCUT2D eigenvalue weighted by Gasteiger charge is -2.31. The van der Waals surface area contributed by atoms with Gasteiger partial charge in [-0.3, -0.25) is 4.90 Å². The molecule has 0 spiro atoms. The van der Waals surface area contributed by atoms with E-state index in [0.29, 0.717) is 17.1 Å². The van der Waals surface area contributed by atoms with Gasteiger partial charge < -0.3 is 18.9 Å². The summed E-state index contributed by atoms with van der Waals surface area (Å²) in [5.41, 5.74) is 2.34. The van der Waals surface area contributed by atoms with Gasteiger partial charge in [-0.15, -0.1) is 0 Å². The Kier molecular flexibility index (Phi) is 5.15. The summed E-state index contributed by atoms with van der Waals surface area (Å²) >= 11 is 0. The molecule has 1 amide bonds. The third-order valence-corrected chi connectivity index (χ3v) is 5.70. The standard InChI is InChI=1S/C25H21NO6/c1-29-24(27)22-23(18-12-13-19-20(14-18)31-15-30-19)32-25(28)26(22)21(16-8-4-2-5-9-16)17-10-6-3-7-11-17/h2-14,21-23H,15H2,1H3. The third-order valence-electron chi connectivity index (χ3n) is 5.70. The predicted octanol–water partition coefficient (Wildman–Crippen LogP) is 4.24. The zero-order valence-electron chi connectivity index (χ0n) is 17.3. The topological polar surface area (TPSA) is 74.3 Å². The molecule has 3 aromatic rings. The summed E-state index contributed by atoms with van der Waals surface area (Å²) in [4.78, 5) is 27.7. The van der Waals surface area contributed by atoms with Gasteiger partial charge in [0.2, 0.25) is 6.79 Å². The lowest BCUT2D eigenvalue weighted by molar-refractivity contribution is -0.147. The summed E-state index contributed by atoms with van der Waals surface area (Å²) in [6, 6.07) is 22.8. The number of nitrogens with zero attached hydrogens (tertiary/aromatic N) is 1. The van der Waals surface area contributed by atoms with Gasteiger partial charge in [-0.1, -0.05) is 66.7 Å². The molecule has 2 aliphatic rings. The maximum Gasteiger partial charge on any atom is 0.412 e. The molecule has 0 saturated carbocycles. The molecule has 0 aliphatic carbocycles. The molecule has 7 heteroatoms.